The SMILES string of the molecule is CC1(O)CC[C@H]2[C@@H]3C(CCCCCCCCCCCl)CC4=CC(=O)CC[C@]4(C)[C@@H]3CC[C@@]21C. The molecule has 0 radical (unpaired) electrons. The zero-order valence-corrected chi connectivity index (χ0v) is 22.4. The van der Waals surface area contributed by atoms with Crippen LogP contribution in [0.25, 0.3) is 0 Å². The van der Waals surface area contributed by atoms with Crippen LogP contribution in [0.1, 0.15) is 124 Å². The Hall–Kier alpha value is -0.340. The summed E-state index contributed by atoms with van der Waals surface area (Å²) in [6.07, 6.45) is 21.4. The number of alkyl halides is 1. The van der Waals surface area contributed by atoms with Crippen LogP contribution in [0.3, 0.4) is 0 Å². The number of hydrogen-bond acceptors (Lipinski definition) is 2. The van der Waals surface area contributed by atoms with Crippen LogP contribution in [0, 0.1) is 34.5 Å². The Morgan fingerprint density at radius 1 is 0.909 bits per heavy atom. The van der Waals surface area contributed by atoms with E-state index in [-0.39, 0.29) is 10.8 Å². The molecule has 2 nitrogen and oxygen atoms in total. The first-order valence-electron chi connectivity index (χ1n) is 14.3. The predicted molar refractivity (Wildman–Crippen MR) is 138 cm³/mol. The number of fused-ring (bicyclic) bond motifs is 5. The van der Waals surface area contributed by atoms with Crippen molar-refractivity contribution in [2.45, 2.75) is 129 Å². The molecule has 3 heteroatoms. The minimum Gasteiger partial charge on any atom is -0.390 e. The first-order chi connectivity index (χ1) is 15.7. The van der Waals surface area contributed by atoms with Crippen LogP contribution in [-0.2, 0) is 4.79 Å². The van der Waals surface area contributed by atoms with Crippen LogP contribution in [0.2, 0.25) is 0 Å². The molecule has 1 N–H and O–H groups in total. The normalized spacial score (nSPS) is 42.5. The van der Waals surface area contributed by atoms with Gasteiger partial charge in [-0.1, -0.05) is 64.4 Å². The van der Waals surface area contributed by atoms with Crippen LogP contribution in [0.15, 0.2) is 11.6 Å². The molecule has 3 saturated carbocycles. The first-order valence-corrected chi connectivity index (χ1v) is 14.8. The number of carbonyl (C=O) groups excluding carboxylic acids is 1. The molecule has 0 spiro atoms. The van der Waals surface area contributed by atoms with Gasteiger partial charge in [-0.25, -0.2) is 0 Å². The summed E-state index contributed by atoms with van der Waals surface area (Å²) in [5.41, 5.74) is 1.25. The van der Waals surface area contributed by atoms with Crippen LogP contribution in [0.5, 0.6) is 0 Å². The number of rotatable bonds is 10. The maximum absolute atomic E-state index is 12.4. The largest absolute Gasteiger partial charge is 0.390 e. The van der Waals surface area contributed by atoms with Crippen molar-refractivity contribution in [2.75, 3.05) is 5.88 Å². The van der Waals surface area contributed by atoms with Crippen LogP contribution in [-0.4, -0.2) is 22.4 Å². The molecule has 0 heterocycles. The van der Waals surface area contributed by atoms with Gasteiger partial charge in [-0.3, -0.25) is 4.79 Å². The highest BCUT2D eigenvalue weighted by Crippen LogP contribution is 2.69. The van der Waals surface area contributed by atoms with E-state index in [0.717, 1.165) is 50.3 Å². The van der Waals surface area contributed by atoms with E-state index in [4.69, 9.17) is 11.6 Å². The van der Waals surface area contributed by atoms with Crippen LogP contribution < -0.4 is 0 Å². The second-order valence-corrected chi connectivity index (χ2v) is 13.3. The fourth-order valence-electron chi connectivity index (χ4n) is 8.81. The molecule has 4 aliphatic rings. The number of unbranched alkanes of at least 4 members (excludes halogenated alkanes) is 7. The van der Waals surface area contributed by atoms with E-state index in [1.807, 2.05) is 0 Å². The molecule has 0 bridgehead atoms. The lowest BCUT2D eigenvalue weighted by Crippen LogP contribution is -2.56. The van der Waals surface area contributed by atoms with Crippen LogP contribution >= 0.6 is 11.6 Å². The second kappa shape index (κ2) is 10.3. The number of halogens is 1. The van der Waals surface area contributed by atoms with Gasteiger partial charge in [0.05, 0.1) is 5.60 Å². The Kier molecular flexibility index (Phi) is 8.06. The molecular formula is C30H49ClO2. The first kappa shape index (κ1) is 25.7. The summed E-state index contributed by atoms with van der Waals surface area (Å²) in [5, 5.41) is 11.3. The van der Waals surface area contributed by atoms with Gasteiger partial charge in [0.25, 0.3) is 0 Å². The fourth-order valence-corrected chi connectivity index (χ4v) is 8.99. The van der Waals surface area contributed by atoms with E-state index >= 15 is 0 Å². The van der Waals surface area contributed by atoms with Gasteiger partial charge in [-0.2, -0.15) is 0 Å². The monoisotopic (exact) mass is 476 g/mol. The highest BCUT2D eigenvalue weighted by atomic mass is 35.5. The third-order valence-electron chi connectivity index (χ3n) is 11.2. The molecule has 4 aliphatic carbocycles. The minimum atomic E-state index is -0.518. The molecule has 2 unspecified atom stereocenters. The summed E-state index contributed by atoms with van der Waals surface area (Å²) >= 11 is 5.79. The average molecular weight is 477 g/mol. The second-order valence-electron chi connectivity index (χ2n) is 12.9. The number of allylic oxidation sites excluding steroid dienone is 1. The smallest absolute Gasteiger partial charge is 0.155 e. The summed E-state index contributed by atoms with van der Waals surface area (Å²) in [4.78, 5) is 12.4. The summed E-state index contributed by atoms with van der Waals surface area (Å²) in [6.45, 7) is 7.00. The van der Waals surface area contributed by atoms with Gasteiger partial charge in [0.1, 0.15) is 0 Å². The van der Waals surface area contributed by atoms with Crippen molar-refractivity contribution in [1.29, 1.82) is 0 Å². The van der Waals surface area contributed by atoms with E-state index in [1.54, 1.807) is 0 Å². The van der Waals surface area contributed by atoms with Crippen molar-refractivity contribution in [3.63, 3.8) is 0 Å². The van der Waals surface area contributed by atoms with E-state index in [2.05, 4.69) is 26.8 Å². The zero-order valence-electron chi connectivity index (χ0n) is 21.6. The molecule has 188 valence electrons. The van der Waals surface area contributed by atoms with Gasteiger partial charge in [-0.15, -0.1) is 11.6 Å². The minimum absolute atomic E-state index is 0.0670. The Balaban J connectivity index is 1.43. The van der Waals surface area contributed by atoms with Crippen molar-refractivity contribution in [3.8, 4) is 0 Å². The van der Waals surface area contributed by atoms with Crippen molar-refractivity contribution in [1.82, 2.24) is 0 Å². The van der Waals surface area contributed by atoms with Crippen molar-refractivity contribution < 1.29 is 9.90 Å². The molecule has 0 amide bonds. The average Bonchev–Trinajstić information content (AvgIpc) is 3.02. The number of aliphatic hydroxyl groups is 1. The fraction of sp³-hybridized carbons (Fsp3) is 0.900. The van der Waals surface area contributed by atoms with Gasteiger partial charge in [0.2, 0.25) is 0 Å². The van der Waals surface area contributed by atoms with Gasteiger partial charge in [-0.05, 0) is 98.9 Å². The molecule has 0 aromatic heterocycles. The molecule has 33 heavy (non-hydrogen) atoms. The van der Waals surface area contributed by atoms with Crippen molar-refractivity contribution >= 4 is 17.4 Å². The number of ketones is 1. The number of hydrogen-bond donors (Lipinski definition) is 1. The van der Waals surface area contributed by atoms with Gasteiger partial charge in [0, 0.05) is 12.3 Å². The molecule has 0 aliphatic heterocycles. The van der Waals surface area contributed by atoms with Gasteiger partial charge >= 0.3 is 0 Å². The summed E-state index contributed by atoms with van der Waals surface area (Å²) < 4.78 is 0. The Bertz CT molecular complexity index is 727. The third-order valence-corrected chi connectivity index (χ3v) is 11.4. The molecule has 3 fully saturated rings. The highest BCUT2D eigenvalue weighted by Gasteiger charge is 2.64. The van der Waals surface area contributed by atoms with E-state index in [1.165, 1.54) is 69.8 Å². The lowest BCUT2D eigenvalue weighted by Gasteiger charge is -2.61. The molecule has 7 atom stereocenters. The Morgan fingerprint density at radius 2 is 1.55 bits per heavy atom. The standard InChI is InChI=1S/C30H49ClO2/c1-28-16-13-24(32)21-23(28)20-22(12-10-8-6-4-5-7-9-11-19-31)27-25(28)14-17-29(2)26(27)15-18-30(29,3)33/h21-22,25-27,33H,4-20H2,1-3H3/t22?,25-,26+,27-,28+,29+,30?/m1/s1. The summed E-state index contributed by atoms with van der Waals surface area (Å²) in [6, 6.07) is 0. The number of carbonyl (C=O) groups is 1. The Labute approximate surface area is 208 Å². The molecule has 4 rings (SSSR count). The van der Waals surface area contributed by atoms with Gasteiger partial charge in [0.15, 0.2) is 5.78 Å². The maximum atomic E-state index is 12.4. The molecule has 0 aromatic carbocycles. The van der Waals surface area contributed by atoms with Crippen LogP contribution in [0.4, 0.5) is 0 Å². The third kappa shape index (κ3) is 4.87. The predicted octanol–water partition coefficient (Wildman–Crippen LogP) is 8.25. The summed E-state index contributed by atoms with van der Waals surface area (Å²) in [5.74, 6) is 3.93. The molecule has 0 aromatic rings. The maximum Gasteiger partial charge on any atom is 0.155 e. The molecule has 0 saturated heterocycles. The molecular weight excluding hydrogens is 428 g/mol. The van der Waals surface area contributed by atoms with E-state index in [9.17, 15) is 9.90 Å². The van der Waals surface area contributed by atoms with E-state index in [0.29, 0.717) is 23.5 Å². The zero-order chi connectivity index (χ0) is 23.7. The quantitative estimate of drug-likeness (QED) is 0.254. The topological polar surface area (TPSA) is 37.3 Å². The van der Waals surface area contributed by atoms with Crippen molar-refractivity contribution in [3.05, 3.63) is 11.6 Å². The lowest BCUT2D eigenvalue weighted by molar-refractivity contribution is -0.135. The Morgan fingerprint density at radius 3 is 2.24 bits per heavy atom. The summed E-state index contributed by atoms with van der Waals surface area (Å²) in [7, 11) is 0. The van der Waals surface area contributed by atoms with E-state index < -0.39 is 5.60 Å². The van der Waals surface area contributed by atoms with Gasteiger partial charge < -0.3 is 5.11 Å². The van der Waals surface area contributed by atoms with Crippen molar-refractivity contribution in [2.24, 2.45) is 34.5 Å². The lowest BCUT2D eigenvalue weighted by atomic mass is 9.44. The highest BCUT2D eigenvalue weighted by molar-refractivity contribution is 6.17.